The number of carbonyl (C=O) groups is 3. The van der Waals surface area contributed by atoms with Crippen molar-refractivity contribution in [2.24, 2.45) is 0 Å². The van der Waals surface area contributed by atoms with E-state index in [2.05, 4.69) is 33.5 Å². The molecule has 0 saturated heterocycles. The predicted molar refractivity (Wildman–Crippen MR) is 162 cm³/mol. The lowest BCUT2D eigenvalue weighted by Gasteiger charge is -2.23. The number of alkyl carbamates (subject to hydrolysis) is 1. The van der Waals surface area contributed by atoms with Crippen LogP contribution in [0.15, 0.2) is 77.3 Å². The summed E-state index contributed by atoms with van der Waals surface area (Å²) < 4.78 is 16.7. The van der Waals surface area contributed by atoms with Gasteiger partial charge in [0, 0.05) is 22.1 Å². The molecular formula is C32H37BrN2O6. The minimum Gasteiger partial charge on any atom is -0.444 e. The van der Waals surface area contributed by atoms with Crippen LogP contribution in [0.3, 0.4) is 0 Å². The molecule has 3 rings (SSSR count). The second-order valence-electron chi connectivity index (χ2n) is 10.6. The van der Waals surface area contributed by atoms with Crippen LogP contribution in [0.5, 0.6) is 5.75 Å². The molecule has 0 bridgehead atoms. The number of hydrogen-bond acceptors (Lipinski definition) is 6. The summed E-state index contributed by atoms with van der Waals surface area (Å²) in [6.07, 6.45) is 1.85. The lowest BCUT2D eigenvalue weighted by atomic mass is 10.0. The molecule has 0 spiro atoms. The topological polar surface area (TPSA) is 103 Å². The van der Waals surface area contributed by atoms with Crippen LogP contribution in [0, 0.1) is 0 Å². The van der Waals surface area contributed by atoms with E-state index in [0.717, 1.165) is 34.9 Å². The van der Waals surface area contributed by atoms with Gasteiger partial charge in [-0.3, -0.25) is 4.79 Å². The predicted octanol–water partition coefficient (Wildman–Crippen LogP) is 7.58. The van der Waals surface area contributed by atoms with Gasteiger partial charge < -0.3 is 24.8 Å². The molecule has 0 aliphatic carbocycles. The summed E-state index contributed by atoms with van der Waals surface area (Å²) in [7, 11) is 0. The van der Waals surface area contributed by atoms with E-state index in [9.17, 15) is 14.4 Å². The average Bonchev–Trinajstić information content (AvgIpc) is 2.92. The minimum atomic E-state index is -0.911. The fourth-order valence-electron chi connectivity index (χ4n) is 3.83. The highest BCUT2D eigenvalue weighted by Gasteiger charge is 2.25. The van der Waals surface area contributed by atoms with E-state index < -0.39 is 23.9 Å². The number of anilines is 1. The number of hydrogen-bond donors (Lipinski definition) is 2. The van der Waals surface area contributed by atoms with E-state index in [-0.39, 0.29) is 24.7 Å². The first kappa shape index (κ1) is 31.7. The summed E-state index contributed by atoms with van der Waals surface area (Å²) in [5, 5.41) is 5.57. The lowest BCUT2D eigenvalue weighted by molar-refractivity contribution is -0.118. The number of benzene rings is 3. The molecule has 0 radical (unpaired) electrons. The summed E-state index contributed by atoms with van der Waals surface area (Å²) in [4.78, 5) is 37.9. The average molecular weight is 626 g/mol. The molecule has 0 heterocycles. The Morgan fingerprint density at radius 2 is 1.56 bits per heavy atom. The van der Waals surface area contributed by atoms with E-state index >= 15 is 0 Å². The molecule has 0 saturated carbocycles. The monoisotopic (exact) mass is 624 g/mol. The Bertz CT molecular complexity index is 1300. The van der Waals surface area contributed by atoms with Gasteiger partial charge >= 0.3 is 12.2 Å². The van der Waals surface area contributed by atoms with E-state index in [1.807, 2.05) is 48.5 Å². The Hall–Kier alpha value is -3.85. The van der Waals surface area contributed by atoms with E-state index in [1.54, 1.807) is 45.0 Å². The summed E-state index contributed by atoms with van der Waals surface area (Å²) in [6, 6.07) is 20.8. The van der Waals surface area contributed by atoms with Crippen molar-refractivity contribution in [3.63, 3.8) is 0 Å². The highest BCUT2D eigenvalue weighted by Crippen LogP contribution is 2.19. The van der Waals surface area contributed by atoms with Crippen molar-refractivity contribution < 1.29 is 28.6 Å². The van der Waals surface area contributed by atoms with Crippen LogP contribution in [0.4, 0.5) is 15.3 Å². The summed E-state index contributed by atoms with van der Waals surface area (Å²) in [5.74, 6) is -0.0942. The smallest absolute Gasteiger partial charge is 0.444 e. The second-order valence-corrected chi connectivity index (χ2v) is 11.4. The van der Waals surface area contributed by atoms with Crippen molar-refractivity contribution in [3.8, 4) is 5.75 Å². The zero-order valence-electron chi connectivity index (χ0n) is 23.9. The second kappa shape index (κ2) is 15.2. The van der Waals surface area contributed by atoms with Gasteiger partial charge in [0.05, 0.1) is 0 Å². The third-order valence-electron chi connectivity index (χ3n) is 5.92. The fourth-order valence-corrected chi connectivity index (χ4v) is 4.23. The Labute approximate surface area is 249 Å². The van der Waals surface area contributed by atoms with Crippen molar-refractivity contribution >= 4 is 39.8 Å². The molecule has 218 valence electrons. The number of amides is 2. The van der Waals surface area contributed by atoms with Gasteiger partial charge in [-0.25, -0.2) is 9.59 Å². The number of ether oxygens (including phenoxy) is 3. The molecule has 3 aromatic rings. The Kier molecular flexibility index (Phi) is 11.8. The molecule has 0 aromatic heterocycles. The highest BCUT2D eigenvalue weighted by atomic mass is 79.9. The number of halogens is 1. The molecule has 2 N–H and O–H groups in total. The van der Waals surface area contributed by atoms with Crippen molar-refractivity contribution in [1.82, 2.24) is 5.32 Å². The van der Waals surface area contributed by atoms with Crippen LogP contribution < -0.4 is 15.4 Å². The lowest BCUT2D eigenvalue weighted by Crippen LogP contribution is -2.47. The number of unbranched alkanes of at least 4 members (excludes halogenated alkanes) is 1. The van der Waals surface area contributed by atoms with Gasteiger partial charge in [0.1, 0.15) is 24.0 Å². The maximum atomic E-state index is 13.2. The molecule has 9 heteroatoms. The SMILES string of the molecule is CCCCc1ccc(NC(=O)[C@H](Cc2ccc(OC(=O)OCc3ccccc3Br)cc2)NC(=O)OC(C)(C)C)cc1. The number of rotatable bonds is 11. The molecule has 0 aliphatic heterocycles. The first-order valence-electron chi connectivity index (χ1n) is 13.6. The molecule has 0 unspecified atom stereocenters. The summed E-state index contributed by atoms with van der Waals surface area (Å²) in [6.45, 7) is 7.47. The zero-order valence-corrected chi connectivity index (χ0v) is 25.5. The standard InChI is InChI=1S/C32H37BrN2O6/c1-5-6-9-22-12-16-25(17-13-22)34-29(36)28(35-30(37)41-32(2,3)4)20-23-14-18-26(19-15-23)40-31(38)39-21-24-10-7-8-11-27(24)33/h7-8,10-19,28H,5-6,9,20-21H2,1-4H3,(H,34,36)(H,35,37)/t28-/m0/s1. The van der Waals surface area contributed by atoms with Gasteiger partial charge in [-0.2, -0.15) is 0 Å². The zero-order chi connectivity index (χ0) is 29.8. The molecule has 0 fully saturated rings. The molecule has 1 atom stereocenters. The molecule has 3 aromatic carbocycles. The van der Waals surface area contributed by atoms with Gasteiger partial charge in [0.2, 0.25) is 5.91 Å². The van der Waals surface area contributed by atoms with Crippen LogP contribution in [0.25, 0.3) is 0 Å². The van der Waals surface area contributed by atoms with Crippen molar-refractivity contribution in [1.29, 1.82) is 0 Å². The van der Waals surface area contributed by atoms with Gasteiger partial charge in [-0.05, 0) is 75.1 Å². The minimum absolute atomic E-state index is 0.0624. The van der Waals surface area contributed by atoms with Gasteiger partial charge in [0.25, 0.3) is 0 Å². The number of carbonyl (C=O) groups excluding carboxylic acids is 3. The summed E-state index contributed by atoms with van der Waals surface area (Å²) in [5.41, 5.74) is 2.67. The van der Waals surface area contributed by atoms with Gasteiger partial charge in [-0.15, -0.1) is 0 Å². The first-order valence-corrected chi connectivity index (χ1v) is 14.4. The van der Waals surface area contributed by atoms with Crippen molar-refractivity contribution in [3.05, 3.63) is 94.0 Å². The maximum absolute atomic E-state index is 13.2. The van der Waals surface area contributed by atoms with Crippen LogP contribution in [0.1, 0.15) is 57.2 Å². The fraction of sp³-hybridized carbons (Fsp3) is 0.344. The quantitative estimate of drug-likeness (QED) is 0.168. The first-order chi connectivity index (χ1) is 19.5. The molecule has 0 aliphatic rings. The third-order valence-corrected chi connectivity index (χ3v) is 6.69. The van der Waals surface area contributed by atoms with Crippen LogP contribution in [-0.4, -0.2) is 29.8 Å². The van der Waals surface area contributed by atoms with Crippen LogP contribution in [-0.2, 0) is 33.7 Å². The van der Waals surface area contributed by atoms with Gasteiger partial charge in [-0.1, -0.05) is 71.7 Å². The Balaban J connectivity index is 1.63. The summed E-state index contributed by atoms with van der Waals surface area (Å²) >= 11 is 3.41. The van der Waals surface area contributed by atoms with E-state index in [0.29, 0.717) is 5.69 Å². The van der Waals surface area contributed by atoms with E-state index in [4.69, 9.17) is 14.2 Å². The number of aryl methyl sites for hydroxylation is 1. The molecule has 2 amide bonds. The molecule has 8 nitrogen and oxygen atoms in total. The van der Waals surface area contributed by atoms with Crippen LogP contribution >= 0.6 is 15.9 Å². The third kappa shape index (κ3) is 11.3. The maximum Gasteiger partial charge on any atom is 0.514 e. The van der Waals surface area contributed by atoms with Crippen molar-refractivity contribution in [2.45, 2.75) is 71.6 Å². The Morgan fingerprint density at radius 3 is 2.20 bits per heavy atom. The normalized spacial score (nSPS) is 11.7. The van der Waals surface area contributed by atoms with E-state index in [1.165, 1.54) is 5.56 Å². The molecular weight excluding hydrogens is 588 g/mol. The largest absolute Gasteiger partial charge is 0.514 e. The number of nitrogens with one attached hydrogen (secondary N) is 2. The van der Waals surface area contributed by atoms with Crippen molar-refractivity contribution in [2.75, 3.05) is 5.32 Å². The van der Waals surface area contributed by atoms with Crippen LogP contribution in [0.2, 0.25) is 0 Å². The van der Waals surface area contributed by atoms with Gasteiger partial charge in [0.15, 0.2) is 0 Å². The highest BCUT2D eigenvalue weighted by molar-refractivity contribution is 9.10. The Morgan fingerprint density at radius 1 is 0.902 bits per heavy atom. The molecule has 41 heavy (non-hydrogen) atoms.